The Labute approximate surface area is 141 Å². The van der Waals surface area contributed by atoms with Gasteiger partial charge >= 0.3 is 0 Å². The van der Waals surface area contributed by atoms with Gasteiger partial charge in [0.05, 0.1) is 12.1 Å². The second kappa shape index (κ2) is 7.20. The van der Waals surface area contributed by atoms with Crippen molar-refractivity contribution in [3.8, 4) is 0 Å². The quantitative estimate of drug-likeness (QED) is 0.449. The largest absolute Gasteiger partial charge is 0.336 e. The maximum atomic E-state index is 12.5. The maximum Gasteiger partial charge on any atom is 0.223 e. The third-order valence-electron chi connectivity index (χ3n) is 4.70. The fraction of sp³-hybridized carbons (Fsp3) is 0.316. The summed E-state index contributed by atoms with van der Waals surface area (Å²) in [5, 5.41) is 3.98. The van der Waals surface area contributed by atoms with E-state index in [1.54, 1.807) is 0 Å². The number of hydrogen-bond acceptors (Lipinski definition) is 2. The normalized spacial score (nSPS) is 19.6. The van der Waals surface area contributed by atoms with Gasteiger partial charge in [0.1, 0.15) is 0 Å². The molecule has 5 heteroatoms. The van der Waals surface area contributed by atoms with Gasteiger partial charge in [-0.3, -0.25) is 4.79 Å². The first-order valence-corrected chi connectivity index (χ1v) is 8.14. The second-order valence-electron chi connectivity index (χ2n) is 6.16. The molecule has 0 bridgehead atoms. The van der Waals surface area contributed by atoms with Crippen molar-refractivity contribution in [1.82, 2.24) is 4.90 Å². The van der Waals surface area contributed by atoms with Crippen molar-refractivity contribution in [3.63, 3.8) is 0 Å². The molecular formula is C19H20N4O. The topological polar surface area (TPSA) is 69.1 Å². The van der Waals surface area contributed by atoms with Crippen LogP contribution in [0.2, 0.25) is 0 Å². The van der Waals surface area contributed by atoms with Gasteiger partial charge in [0.25, 0.3) is 0 Å². The number of benzene rings is 2. The first kappa shape index (κ1) is 16.1. The molecule has 5 nitrogen and oxygen atoms in total. The molecule has 122 valence electrons. The zero-order valence-corrected chi connectivity index (χ0v) is 13.6. The van der Waals surface area contributed by atoms with Crippen LogP contribution < -0.4 is 0 Å². The summed E-state index contributed by atoms with van der Waals surface area (Å²) in [6.07, 6.45) is 0.412. The Kier molecular flexibility index (Phi) is 4.82. The van der Waals surface area contributed by atoms with E-state index >= 15 is 0 Å². The van der Waals surface area contributed by atoms with Crippen LogP contribution in [0.4, 0.5) is 0 Å². The number of carbonyl (C=O) groups excluding carboxylic acids is 1. The van der Waals surface area contributed by atoms with Crippen molar-refractivity contribution in [3.05, 3.63) is 82.2 Å². The molecule has 1 aliphatic rings. The summed E-state index contributed by atoms with van der Waals surface area (Å²) in [5.41, 5.74) is 11.0. The Hall–Kier alpha value is -2.78. The van der Waals surface area contributed by atoms with Gasteiger partial charge in [-0.2, -0.15) is 0 Å². The summed E-state index contributed by atoms with van der Waals surface area (Å²) < 4.78 is 0. The van der Waals surface area contributed by atoms with Crippen LogP contribution in [-0.4, -0.2) is 17.4 Å². The van der Waals surface area contributed by atoms with Gasteiger partial charge in [0.15, 0.2) is 0 Å². The number of rotatable bonds is 5. The fourth-order valence-electron chi connectivity index (χ4n) is 3.40. The number of hydrogen-bond donors (Lipinski definition) is 0. The zero-order valence-electron chi connectivity index (χ0n) is 13.6. The number of carbonyl (C=O) groups is 1. The highest BCUT2D eigenvalue weighted by molar-refractivity contribution is 5.79. The van der Waals surface area contributed by atoms with Gasteiger partial charge in [-0.1, -0.05) is 65.8 Å². The first-order valence-electron chi connectivity index (χ1n) is 8.14. The van der Waals surface area contributed by atoms with E-state index in [9.17, 15) is 4.79 Å². The van der Waals surface area contributed by atoms with Crippen LogP contribution in [0.1, 0.15) is 36.6 Å². The van der Waals surface area contributed by atoms with E-state index < -0.39 is 0 Å². The monoisotopic (exact) mass is 320 g/mol. The lowest BCUT2D eigenvalue weighted by Gasteiger charge is -2.26. The van der Waals surface area contributed by atoms with Crippen molar-refractivity contribution in [1.29, 1.82) is 0 Å². The number of nitrogens with zero attached hydrogens (tertiary/aromatic N) is 4. The molecule has 1 amide bonds. The predicted molar refractivity (Wildman–Crippen MR) is 93.0 cm³/mol. The molecule has 0 N–H and O–H groups in total. The average molecular weight is 320 g/mol. The molecule has 0 radical (unpaired) electrons. The SMILES string of the molecule is CC(c1ccccc1)N1CC(C(N=[N+]=[N-])c2ccccc2)CC1=O. The van der Waals surface area contributed by atoms with Crippen LogP contribution in [-0.2, 0) is 4.79 Å². The molecule has 0 aromatic heterocycles. The predicted octanol–water partition coefficient (Wildman–Crippen LogP) is 4.65. The summed E-state index contributed by atoms with van der Waals surface area (Å²) >= 11 is 0. The number of azide groups is 1. The highest BCUT2D eigenvalue weighted by atomic mass is 16.2. The number of likely N-dealkylation sites (tertiary alicyclic amines) is 1. The van der Waals surface area contributed by atoms with Crippen molar-refractivity contribution < 1.29 is 4.79 Å². The lowest BCUT2D eigenvalue weighted by molar-refractivity contribution is -0.129. The van der Waals surface area contributed by atoms with Crippen molar-refractivity contribution >= 4 is 5.91 Å². The minimum Gasteiger partial charge on any atom is -0.336 e. The summed E-state index contributed by atoms with van der Waals surface area (Å²) in [4.78, 5) is 17.4. The smallest absolute Gasteiger partial charge is 0.223 e. The van der Waals surface area contributed by atoms with E-state index in [2.05, 4.69) is 10.0 Å². The third kappa shape index (κ3) is 3.26. The molecule has 0 spiro atoms. The lowest BCUT2D eigenvalue weighted by atomic mass is 9.93. The van der Waals surface area contributed by atoms with Gasteiger partial charge in [-0.25, -0.2) is 0 Å². The molecule has 1 heterocycles. The molecular weight excluding hydrogens is 300 g/mol. The van der Waals surface area contributed by atoms with E-state index in [1.807, 2.05) is 72.5 Å². The van der Waals surface area contributed by atoms with Crippen LogP contribution in [0.25, 0.3) is 10.4 Å². The molecule has 0 aliphatic carbocycles. The molecule has 2 aromatic carbocycles. The van der Waals surface area contributed by atoms with Gasteiger partial charge in [0, 0.05) is 17.9 Å². The summed E-state index contributed by atoms with van der Waals surface area (Å²) in [6, 6.07) is 19.4. The molecule has 24 heavy (non-hydrogen) atoms. The Morgan fingerprint density at radius 1 is 1.08 bits per heavy atom. The highest BCUT2D eigenvalue weighted by Crippen LogP contribution is 2.37. The number of amides is 1. The average Bonchev–Trinajstić information content (AvgIpc) is 3.02. The van der Waals surface area contributed by atoms with Gasteiger partial charge in [-0.05, 0) is 29.5 Å². The standard InChI is InChI=1S/C19H20N4O/c1-14(15-8-4-2-5-9-15)23-13-17(12-18(23)24)19(21-22-20)16-10-6-3-7-11-16/h2-11,14,17,19H,12-13H2,1H3. The summed E-state index contributed by atoms with van der Waals surface area (Å²) in [7, 11) is 0. The van der Waals surface area contributed by atoms with Crippen LogP contribution in [0.15, 0.2) is 65.8 Å². The van der Waals surface area contributed by atoms with E-state index in [4.69, 9.17) is 5.53 Å². The molecule has 3 rings (SSSR count). The van der Waals surface area contributed by atoms with Crippen molar-refractivity contribution in [2.45, 2.75) is 25.4 Å². The summed E-state index contributed by atoms with van der Waals surface area (Å²) in [5.74, 6) is 0.118. The van der Waals surface area contributed by atoms with E-state index in [0.29, 0.717) is 13.0 Å². The van der Waals surface area contributed by atoms with Crippen molar-refractivity contribution in [2.24, 2.45) is 11.0 Å². The minimum absolute atomic E-state index is 0.00182. The fourth-order valence-corrected chi connectivity index (χ4v) is 3.40. The Balaban J connectivity index is 1.81. The molecule has 3 atom stereocenters. The van der Waals surface area contributed by atoms with Crippen LogP contribution in [0.5, 0.6) is 0 Å². The Bertz CT molecular complexity index is 740. The molecule has 3 unspecified atom stereocenters. The van der Waals surface area contributed by atoms with Crippen LogP contribution in [0, 0.1) is 5.92 Å². The third-order valence-corrected chi connectivity index (χ3v) is 4.70. The molecule has 0 saturated carbocycles. The van der Waals surface area contributed by atoms with Gasteiger partial charge < -0.3 is 4.90 Å². The molecule has 1 saturated heterocycles. The molecule has 1 aliphatic heterocycles. The molecule has 1 fully saturated rings. The van der Waals surface area contributed by atoms with Gasteiger partial charge in [0.2, 0.25) is 5.91 Å². The molecule has 2 aromatic rings. The maximum absolute atomic E-state index is 12.5. The van der Waals surface area contributed by atoms with Gasteiger partial charge in [-0.15, -0.1) is 0 Å². The first-order chi connectivity index (χ1) is 11.7. The zero-order chi connectivity index (χ0) is 16.9. The van der Waals surface area contributed by atoms with Crippen LogP contribution >= 0.6 is 0 Å². The second-order valence-corrected chi connectivity index (χ2v) is 6.16. The summed E-state index contributed by atoms with van der Waals surface area (Å²) in [6.45, 7) is 2.65. The van der Waals surface area contributed by atoms with Crippen molar-refractivity contribution in [2.75, 3.05) is 6.54 Å². The van der Waals surface area contributed by atoms with E-state index in [-0.39, 0.29) is 23.9 Å². The van der Waals surface area contributed by atoms with E-state index in [1.165, 1.54) is 0 Å². The lowest BCUT2D eigenvalue weighted by Crippen LogP contribution is -2.29. The Morgan fingerprint density at radius 3 is 2.25 bits per heavy atom. The Morgan fingerprint density at radius 2 is 1.67 bits per heavy atom. The highest BCUT2D eigenvalue weighted by Gasteiger charge is 2.37. The van der Waals surface area contributed by atoms with E-state index in [0.717, 1.165) is 11.1 Å². The van der Waals surface area contributed by atoms with Crippen LogP contribution in [0.3, 0.4) is 0 Å². The minimum atomic E-state index is -0.312.